The minimum absolute atomic E-state index is 0.217. The van der Waals surface area contributed by atoms with E-state index in [-0.39, 0.29) is 11.5 Å². The molecule has 0 bridgehead atoms. The standard InChI is InChI=1S/C12H10O6S/c13-11(14)5-17-8-3-7-1-2-19-10(7)4-9(8)18-6-12(15)16/h1-4H,5-6H2,(H,13,14)(H,15,16). The van der Waals surface area contributed by atoms with Crippen LogP contribution in [0.15, 0.2) is 23.6 Å². The van der Waals surface area contributed by atoms with Crippen molar-refractivity contribution in [1.82, 2.24) is 0 Å². The number of hydrogen-bond acceptors (Lipinski definition) is 5. The molecule has 0 saturated heterocycles. The SMILES string of the molecule is O=C(O)COc1cc2ccsc2cc1OCC(=O)O. The van der Waals surface area contributed by atoms with E-state index in [0.717, 1.165) is 10.1 Å². The van der Waals surface area contributed by atoms with Gasteiger partial charge in [0.2, 0.25) is 0 Å². The smallest absolute Gasteiger partial charge is 0.341 e. The maximum Gasteiger partial charge on any atom is 0.341 e. The Bertz CT molecular complexity index is 566. The van der Waals surface area contributed by atoms with Crippen LogP contribution in [0.25, 0.3) is 10.1 Å². The van der Waals surface area contributed by atoms with Gasteiger partial charge in [-0.2, -0.15) is 0 Å². The van der Waals surface area contributed by atoms with E-state index in [1.54, 1.807) is 12.1 Å². The second-order valence-electron chi connectivity index (χ2n) is 3.62. The minimum Gasteiger partial charge on any atom is -0.479 e. The van der Waals surface area contributed by atoms with Gasteiger partial charge < -0.3 is 19.7 Å². The Hall–Kier alpha value is -2.28. The van der Waals surface area contributed by atoms with Gasteiger partial charge in [0.1, 0.15) is 0 Å². The van der Waals surface area contributed by atoms with Crippen LogP contribution in [0.2, 0.25) is 0 Å². The van der Waals surface area contributed by atoms with E-state index in [4.69, 9.17) is 19.7 Å². The number of carbonyl (C=O) groups is 2. The molecule has 0 saturated carbocycles. The molecule has 0 aliphatic rings. The molecule has 0 radical (unpaired) electrons. The predicted molar refractivity (Wildman–Crippen MR) is 68.1 cm³/mol. The van der Waals surface area contributed by atoms with E-state index in [1.807, 2.05) is 11.4 Å². The van der Waals surface area contributed by atoms with Crippen LogP contribution in [0.5, 0.6) is 11.5 Å². The van der Waals surface area contributed by atoms with Gasteiger partial charge in [0.05, 0.1) is 0 Å². The molecule has 1 aromatic heterocycles. The molecule has 2 aromatic rings. The first-order chi connectivity index (χ1) is 9.06. The zero-order valence-electron chi connectivity index (χ0n) is 9.66. The Balaban J connectivity index is 2.29. The van der Waals surface area contributed by atoms with E-state index in [1.165, 1.54) is 11.3 Å². The van der Waals surface area contributed by atoms with Gasteiger partial charge >= 0.3 is 11.9 Å². The number of benzene rings is 1. The first-order valence-electron chi connectivity index (χ1n) is 5.26. The summed E-state index contributed by atoms with van der Waals surface area (Å²) in [5.41, 5.74) is 0. The van der Waals surface area contributed by atoms with E-state index >= 15 is 0 Å². The highest BCUT2D eigenvalue weighted by molar-refractivity contribution is 7.17. The summed E-state index contributed by atoms with van der Waals surface area (Å²) in [6, 6.07) is 5.13. The topological polar surface area (TPSA) is 93.1 Å². The van der Waals surface area contributed by atoms with Crippen LogP contribution < -0.4 is 9.47 Å². The predicted octanol–water partition coefficient (Wildman–Crippen LogP) is 1.83. The van der Waals surface area contributed by atoms with Crippen LogP contribution in [0.3, 0.4) is 0 Å². The molecule has 7 heteroatoms. The lowest BCUT2D eigenvalue weighted by atomic mass is 10.2. The minimum atomic E-state index is -1.12. The third kappa shape index (κ3) is 3.35. The third-order valence-electron chi connectivity index (χ3n) is 2.22. The number of hydrogen-bond donors (Lipinski definition) is 2. The van der Waals surface area contributed by atoms with Crippen molar-refractivity contribution in [2.45, 2.75) is 0 Å². The summed E-state index contributed by atoms with van der Waals surface area (Å²) in [5, 5.41) is 19.9. The number of carboxylic acid groups (broad SMARTS) is 2. The highest BCUT2D eigenvalue weighted by atomic mass is 32.1. The first-order valence-corrected chi connectivity index (χ1v) is 6.14. The number of aliphatic carboxylic acids is 2. The molecule has 0 fully saturated rings. The molecule has 19 heavy (non-hydrogen) atoms. The Labute approximate surface area is 111 Å². The van der Waals surface area contributed by atoms with Crippen LogP contribution >= 0.6 is 11.3 Å². The van der Waals surface area contributed by atoms with Crippen molar-refractivity contribution in [2.24, 2.45) is 0 Å². The zero-order chi connectivity index (χ0) is 13.8. The van der Waals surface area contributed by atoms with Gasteiger partial charge in [0.25, 0.3) is 0 Å². The maximum atomic E-state index is 10.5. The second-order valence-corrected chi connectivity index (χ2v) is 4.57. The highest BCUT2D eigenvalue weighted by Gasteiger charge is 2.11. The van der Waals surface area contributed by atoms with E-state index in [2.05, 4.69) is 0 Å². The van der Waals surface area contributed by atoms with Crippen molar-refractivity contribution in [2.75, 3.05) is 13.2 Å². The maximum absolute atomic E-state index is 10.5. The average molecular weight is 282 g/mol. The molecule has 0 aliphatic heterocycles. The lowest BCUT2D eigenvalue weighted by Crippen LogP contribution is -2.13. The van der Waals surface area contributed by atoms with Gasteiger partial charge in [-0.1, -0.05) is 0 Å². The van der Waals surface area contributed by atoms with Gasteiger partial charge in [-0.15, -0.1) is 11.3 Å². The normalized spacial score (nSPS) is 10.3. The summed E-state index contributed by atoms with van der Waals surface area (Å²) in [4.78, 5) is 21.0. The molecule has 2 N–H and O–H groups in total. The monoisotopic (exact) mass is 282 g/mol. The van der Waals surface area contributed by atoms with Gasteiger partial charge in [0.15, 0.2) is 24.7 Å². The number of thiophene rings is 1. The summed E-state index contributed by atoms with van der Waals surface area (Å²) in [7, 11) is 0. The summed E-state index contributed by atoms with van der Waals surface area (Å²) in [6.45, 7) is -1.03. The quantitative estimate of drug-likeness (QED) is 0.839. The molecule has 2 rings (SSSR count). The molecule has 0 spiro atoms. The molecule has 1 heterocycles. The largest absolute Gasteiger partial charge is 0.479 e. The van der Waals surface area contributed by atoms with Gasteiger partial charge in [-0.05, 0) is 22.9 Å². The van der Waals surface area contributed by atoms with E-state index in [0.29, 0.717) is 0 Å². The van der Waals surface area contributed by atoms with Crippen LogP contribution in [0.1, 0.15) is 0 Å². The van der Waals surface area contributed by atoms with E-state index in [9.17, 15) is 9.59 Å². The first kappa shape index (κ1) is 13.2. The number of ether oxygens (including phenoxy) is 2. The fraction of sp³-hybridized carbons (Fsp3) is 0.167. The van der Waals surface area contributed by atoms with Crippen molar-refractivity contribution in [3.63, 3.8) is 0 Å². The molecule has 6 nitrogen and oxygen atoms in total. The van der Waals surface area contributed by atoms with Crippen molar-refractivity contribution in [3.8, 4) is 11.5 Å². The molecule has 100 valence electrons. The number of rotatable bonds is 6. The van der Waals surface area contributed by atoms with Gasteiger partial charge in [0, 0.05) is 10.8 Å². The van der Waals surface area contributed by atoms with Crippen molar-refractivity contribution in [1.29, 1.82) is 0 Å². The highest BCUT2D eigenvalue weighted by Crippen LogP contribution is 2.35. The molecule has 0 atom stereocenters. The molecule has 0 aliphatic carbocycles. The fourth-order valence-electron chi connectivity index (χ4n) is 1.47. The lowest BCUT2D eigenvalue weighted by Gasteiger charge is -2.10. The fourth-order valence-corrected chi connectivity index (χ4v) is 2.27. The Kier molecular flexibility index (Phi) is 3.86. The summed E-state index contributed by atoms with van der Waals surface area (Å²) < 4.78 is 11.1. The Morgan fingerprint density at radius 1 is 1.05 bits per heavy atom. The van der Waals surface area contributed by atoms with Crippen molar-refractivity contribution < 1.29 is 29.3 Å². The second kappa shape index (κ2) is 5.57. The molecule has 0 unspecified atom stereocenters. The molecule has 0 amide bonds. The third-order valence-corrected chi connectivity index (χ3v) is 3.10. The van der Waals surface area contributed by atoms with Crippen LogP contribution in [0, 0.1) is 0 Å². The number of carboxylic acids is 2. The molecular weight excluding hydrogens is 272 g/mol. The average Bonchev–Trinajstić information content (AvgIpc) is 2.79. The lowest BCUT2D eigenvalue weighted by molar-refractivity contribution is -0.140. The summed E-state index contributed by atoms with van der Waals surface area (Å²) >= 11 is 1.47. The Morgan fingerprint density at radius 2 is 1.63 bits per heavy atom. The summed E-state index contributed by atoms with van der Waals surface area (Å²) in [6.07, 6.45) is 0. The van der Waals surface area contributed by atoms with Crippen molar-refractivity contribution >= 4 is 33.4 Å². The summed E-state index contributed by atoms with van der Waals surface area (Å²) in [5.74, 6) is -1.79. The molecule has 1 aromatic carbocycles. The molecular formula is C12H10O6S. The zero-order valence-corrected chi connectivity index (χ0v) is 10.5. The van der Waals surface area contributed by atoms with Crippen LogP contribution in [-0.2, 0) is 9.59 Å². The van der Waals surface area contributed by atoms with Crippen molar-refractivity contribution in [3.05, 3.63) is 23.6 Å². The van der Waals surface area contributed by atoms with Gasteiger partial charge in [-0.25, -0.2) is 9.59 Å². The van der Waals surface area contributed by atoms with Gasteiger partial charge in [-0.3, -0.25) is 0 Å². The van der Waals surface area contributed by atoms with Crippen LogP contribution in [-0.4, -0.2) is 35.4 Å². The van der Waals surface area contributed by atoms with E-state index < -0.39 is 25.2 Å². The van der Waals surface area contributed by atoms with Crippen LogP contribution in [0.4, 0.5) is 0 Å². The number of fused-ring (bicyclic) bond motifs is 1. The Morgan fingerprint density at radius 3 is 2.21 bits per heavy atom.